The maximum absolute atomic E-state index is 12.3. The van der Waals surface area contributed by atoms with Crippen LogP contribution < -0.4 is 10.1 Å². The molecule has 0 spiro atoms. The Morgan fingerprint density at radius 2 is 2.08 bits per heavy atom. The van der Waals surface area contributed by atoms with Gasteiger partial charge < -0.3 is 14.8 Å². The molecular formula is C17H16N2O4S. The molecule has 0 aliphatic rings. The molecule has 0 unspecified atom stereocenters. The normalized spacial score (nSPS) is 11.2. The third-order valence-corrected chi connectivity index (χ3v) is 4.08. The Morgan fingerprint density at radius 1 is 1.33 bits per heavy atom. The van der Waals surface area contributed by atoms with Gasteiger partial charge in [0.25, 0.3) is 5.91 Å². The summed E-state index contributed by atoms with van der Waals surface area (Å²) in [5, 5.41) is 13.7. The number of amides is 1. The summed E-state index contributed by atoms with van der Waals surface area (Å²) >= 11 is 1.23. The quantitative estimate of drug-likeness (QED) is 0.842. The average Bonchev–Trinajstić information content (AvgIpc) is 3.01. The van der Waals surface area contributed by atoms with Gasteiger partial charge in [-0.25, -0.2) is 4.79 Å². The monoisotopic (exact) mass is 344 g/mol. The number of benzene rings is 1. The van der Waals surface area contributed by atoms with E-state index in [0.29, 0.717) is 16.3 Å². The number of aryl methyl sites for hydroxylation is 1. The van der Waals surface area contributed by atoms with Gasteiger partial charge in [-0.2, -0.15) is 5.26 Å². The molecule has 1 N–H and O–H groups in total. The van der Waals surface area contributed by atoms with Crippen LogP contribution in [0.2, 0.25) is 0 Å². The van der Waals surface area contributed by atoms with Crippen LogP contribution in [0.15, 0.2) is 29.6 Å². The minimum absolute atomic E-state index is 0.256. The number of hydrogen-bond donors (Lipinski definition) is 1. The van der Waals surface area contributed by atoms with Crippen LogP contribution in [0, 0.1) is 18.3 Å². The predicted molar refractivity (Wildman–Crippen MR) is 90.3 cm³/mol. The second-order valence-electron chi connectivity index (χ2n) is 5.02. The topological polar surface area (TPSA) is 88.4 Å². The van der Waals surface area contributed by atoms with Crippen molar-refractivity contribution >= 4 is 28.2 Å². The Labute approximate surface area is 143 Å². The molecule has 7 heteroatoms. The van der Waals surface area contributed by atoms with Crippen LogP contribution in [0.1, 0.15) is 28.4 Å². The first kappa shape index (κ1) is 17.5. The van der Waals surface area contributed by atoms with Crippen molar-refractivity contribution in [1.82, 2.24) is 0 Å². The Hall–Kier alpha value is -2.85. The maximum Gasteiger partial charge on any atom is 0.342 e. The zero-order valence-electron chi connectivity index (χ0n) is 13.5. The summed E-state index contributed by atoms with van der Waals surface area (Å²) in [7, 11) is 1.46. The molecular weight excluding hydrogens is 328 g/mol. The summed E-state index contributed by atoms with van der Waals surface area (Å²) in [6.45, 7) is 3.31. The number of nitriles is 1. The van der Waals surface area contributed by atoms with E-state index in [4.69, 9.17) is 14.7 Å². The highest BCUT2D eigenvalue weighted by Gasteiger charge is 2.22. The van der Waals surface area contributed by atoms with E-state index in [-0.39, 0.29) is 5.56 Å². The summed E-state index contributed by atoms with van der Waals surface area (Å²) in [6.07, 6.45) is -1.02. The van der Waals surface area contributed by atoms with E-state index in [1.165, 1.54) is 25.4 Å². The molecule has 2 rings (SSSR count). The first-order valence-electron chi connectivity index (χ1n) is 7.10. The maximum atomic E-state index is 12.3. The molecule has 2 aromatic rings. The van der Waals surface area contributed by atoms with Crippen molar-refractivity contribution in [2.75, 3.05) is 12.4 Å². The molecule has 6 nitrogen and oxygen atoms in total. The van der Waals surface area contributed by atoms with Gasteiger partial charge in [-0.1, -0.05) is 11.6 Å². The zero-order valence-corrected chi connectivity index (χ0v) is 14.3. The summed E-state index contributed by atoms with van der Waals surface area (Å²) in [6, 6.07) is 8.70. The number of nitrogens with one attached hydrogen (secondary N) is 1. The van der Waals surface area contributed by atoms with Gasteiger partial charge in [-0.3, -0.25) is 4.79 Å². The number of carbonyl (C=O) groups excluding carboxylic acids is 2. The number of esters is 1. The van der Waals surface area contributed by atoms with Crippen molar-refractivity contribution in [3.8, 4) is 11.8 Å². The molecule has 124 valence electrons. The summed E-state index contributed by atoms with van der Waals surface area (Å²) in [5.41, 5.74) is 1.50. The minimum Gasteiger partial charge on any atom is -0.496 e. The fourth-order valence-corrected chi connectivity index (χ4v) is 2.71. The van der Waals surface area contributed by atoms with Gasteiger partial charge in [0.2, 0.25) is 0 Å². The summed E-state index contributed by atoms with van der Waals surface area (Å²) in [4.78, 5) is 24.4. The van der Waals surface area contributed by atoms with Gasteiger partial charge in [0.05, 0.1) is 12.7 Å². The van der Waals surface area contributed by atoms with Crippen LogP contribution in [0.3, 0.4) is 0 Å². The smallest absolute Gasteiger partial charge is 0.342 e. The lowest BCUT2D eigenvalue weighted by molar-refractivity contribution is -0.123. The van der Waals surface area contributed by atoms with Gasteiger partial charge in [0, 0.05) is 0 Å². The van der Waals surface area contributed by atoms with Crippen LogP contribution in [-0.4, -0.2) is 25.1 Å². The van der Waals surface area contributed by atoms with Crippen molar-refractivity contribution in [3.05, 3.63) is 46.3 Å². The Morgan fingerprint density at radius 3 is 2.75 bits per heavy atom. The largest absolute Gasteiger partial charge is 0.496 e. The Kier molecular flexibility index (Phi) is 5.55. The Balaban J connectivity index is 2.07. The molecule has 0 radical (unpaired) electrons. The molecule has 1 amide bonds. The predicted octanol–water partition coefficient (Wildman–Crippen LogP) is 3.12. The molecule has 1 aromatic carbocycles. The fourth-order valence-electron chi connectivity index (χ4n) is 1.97. The number of methoxy groups -OCH3 is 1. The van der Waals surface area contributed by atoms with Crippen molar-refractivity contribution in [2.45, 2.75) is 20.0 Å². The molecule has 1 atom stereocenters. The van der Waals surface area contributed by atoms with E-state index < -0.39 is 18.0 Å². The number of nitrogens with zero attached hydrogens (tertiary/aromatic N) is 1. The van der Waals surface area contributed by atoms with Crippen molar-refractivity contribution in [3.63, 3.8) is 0 Å². The molecule has 0 bridgehead atoms. The molecule has 0 saturated heterocycles. The number of anilines is 1. The SMILES string of the molecule is COc1ccc(C)cc1C(=O)O[C@H](C)C(=O)Nc1sccc1C#N. The third kappa shape index (κ3) is 3.91. The molecule has 0 fully saturated rings. The first-order chi connectivity index (χ1) is 11.5. The molecule has 0 aliphatic carbocycles. The van der Waals surface area contributed by atoms with Crippen molar-refractivity contribution < 1.29 is 19.1 Å². The van der Waals surface area contributed by atoms with E-state index in [1.54, 1.807) is 23.6 Å². The lowest BCUT2D eigenvalue weighted by atomic mass is 10.1. The lowest BCUT2D eigenvalue weighted by Gasteiger charge is -2.14. The van der Waals surface area contributed by atoms with Crippen LogP contribution in [0.4, 0.5) is 5.00 Å². The van der Waals surface area contributed by atoms with E-state index in [0.717, 1.165) is 5.56 Å². The van der Waals surface area contributed by atoms with Gasteiger partial charge in [-0.05, 0) is 37.4 Å². The number of ether oxygens (including phenoxy) is 2. The molecule has 0 aliphatic heterocycles. The van der Waals surface area contributed by atoms with Gasteiger partial charge in [0.15, 0.2) is 6.10 Å². The second-order valence-corrected chi connectivity index (χ2v) is 5.93. The highest BCUT2D eigenvalue weighted by atomic mass is 32.1. The number of carbonyl (C=O) groups is 2. The highest BCUT2D eigenvalue weighted by molar-refractivity contribution is 7.14. The molecule has 0 saturated carbocycles. The summed E-state index contributed by atoms with van der Waals surface area (Å²) in [5.74, 6) is -0.776. The second kappa shape index (κ2) is 7.62. The minimum atomic E-state index is -1.02. The molecule has 24 heavy (non-hydrogen) atoms. The average molecular weight is 344 g/mol. The molecule has 1 heterocycles. The van der Waals surface area contributed by atoms with E-state index in [1.807, 2.05) is 19.1 Å². The lowest BCUT2D eigenvalue weighted by Crippen LogP contribution is -2.30. The van der Waals surface area contributed by atoms with Gasteiger partial charge in [0.1, 0.15) is 22.4 Å². The number of hydrogen-bond acceptors (Lipinski definition) is 6. The van der Waals surface area contributed by atoms with Crippen LogP contribution in [0.25, 0.3) is 0 Å². The van der Waals surface area contributed by atoms with Gasteiger partial charge >= 0.3 is 5.97 Å². The summed E-state index contributed by atoms with van der Waals surface area (Å²) < 4.78 is 10.4. The van der Waals surface area contributed by atoms with Gasteiger partial charge in [-0.15, -0.1) is 11.3 Å². The van der Waals surface area contributed by atoms with E-state index >= 15 is 0 Å². The Bertz CT molecular complexity index is 807. The van der Waals surface area contributed by atoms with Crippen LogP contribution in [0.5, 0.6) is 5.75 Å². The van der Waals surface area contributed by atoms with E-state index in [9.17, 15) is 9.59 Å². The zero-order chi connectivity index (χ0) is 17.7. The third-order valence-electron chi connectivity index (χ3n) is 3.25. The van der Waals surface area contributed by atoms with Crippen molar-refractivity contribution in [1.29, 1.82) is 5.26 Å². The highest BCUT2D eigenvalue weighted by Crippen LogP contribution is 2.23. The number of rotatable bonds is 5. The van der Waals surface area contributed by atoms with Crippen LogP contribution in [-0.2, 0) is 9.53 Å². The molecule has 1 aromatic heterocycles. The van der Waals surface area contributed by atoms with Crippen LogP contribution >= 0.6 is 11.3 Å². The fraction of sp³-hybridized carbons (Fsp3) is 0.235. The van der Waals surface area contributed by atoms with Crippen molar-refractivity contribution in [2.24, 2.45) is 0 Å². The first-order valence-corrected chi connectivity index (χ1v) is 7.98. The standard InChI is InChI=1S/C17H16N2O4S/c1-10-4-5-14(22-3)13(8-10)17(21)23-11(2)15(20)19-16-12(9-18)6-7-24-16/h4-8,11H,1-3H3,(H,19,20)/t11-/m1/s1. The number of thiophene rings is 1. The van der Waals surface area contributed by atoms with E-state index in [2.05, 4.69) is 5.32 Å².